The number of benzene rings is 2. The molecule has 166 valence electrons. The first-order valence-corrected chi connectivity index (χ1v) is 14.0. The number of para-hydroxylation sites is 1. The Balaban J connectivity index is 1.34. The van der Waals surface area contributed by atoms with Gasteiger partial charge in [0.1, 0.15) is 0 Å². The Morgan fingerprint density at radius 2 is 1.67 bits per heavy atom. The largest absolute Gasteiger partial charge is 0.332 e. The number of anilines is 1. The SMILES string of the molecule is O=C1C2C3CC(C2C(=O)N1c1ccccc1)C1C(c2ccc(Br)cc2)c2sc(=S)[nH]c2SC31. The van der Waals surface area contributed by atoms with Gasteiger partial charge in [0.15, 0.2) is 3.95 Å². The number of amides is 2. The summed E-state index contributed by atoms with van der Waals surface area (Å²) in [4.78, 5) is 33.4. The van der Waals surface area contributed by atoms with Crippen LogP contribution in [0, 0.1) is 33.5 Å². The molecule has 2 aliphatic carbocycles. The fourth-order valence-corrected chi connectivity index (χ4v) is 10.5. The molecule has 8 heteroatoms. The van der Waals surface area contributed by atoms with E-state index >= 15 is 0 Å². The normalized spacial score (nSPS) is 33.8. The minimum absolute atomic E-state index is 0.00537. The zero-order valence-electron chi connectivity index (χ0n) is 17.3. The lowest BCUT2D eigenvalue weighted by molar-refractivity contribution is -0.123. The van der Waals surface area contributed by atoms with E-state index in [-0.39, 0.29) is 41.4 Å². The molecule has 7 atom stereocenters. The molecular weight excluding hydrogens is 536 g/mol. The Morgan fingerprint density at radius 3 is 2.39 bits per heavy atom. The number of nitrogens with one attached hydrogen (secondary N) is 1. The van der Waals surface area contributed by atoms with Gasteiger partial charge >= 0.3 is 0 Å². The highest BCUT2D eigenvalue weighted by Crippen LogP contribution is 2.68. The molecule has 3 aromatic rings. The number of nitrogens with zero attached hydrogens (tertiary/aromatic N) is 1. The number of H-pyrrole nitrogens is 1. The Bertz CT molecular complexity index is 1350. The third-order valence-electron chi connectivity index (χ3n) is 7.97. The molecular formula is C25H19BrN2O2S3. The number of aromatic nitrogens is 1. The molecule has 7 rings (SSSR count). The molecule has 33 heavy (non-hydrogen) atoms. The van der Waals surface area contributed by atoms with Crippen LogP contribution in [0.1, 0.15) is 22.8 Å². The molecule has 3 fully saturated rings. The van der Waals surface area contributed by atoms with Crippen molar-refractivity contribution in [1.82, 2.24) is 4.98 Å². The van der Waals surface area contributed by atoms with E-state index < -0.39 is 0 Å². The molecule has 1 saturated heterocycles. The summed E-state index contributed by atoms with van der Waals surface area (Å²) >= 11 is 12.6. The highest BCUT2D eigenvalue weighted by Gasteiger charge is 2.69. The predicted molar refractivity (Wildman–Crippen MR) is 136 cm³/mol. The molecule has 3 heterocycles. The van der Waals surface area contributed by atoms with Crippen molar-refractivity contribution >= 4 is 68.7 Å². The van der Waals surface area contributed by atoms with Crippen molar-refractivity contribution in [2.75, 3.05) is 4.90 Å². The molecule has 1 aromatic heterocycles. The van der Waals surface area contributed by atoms with Crippen LogP contribution >= 0.6 is 51.2 Å². The number of rotatable bonds is 2. The Hall–Kier alpha value is -1.74. The van der Waals surface area contributed by atoms with Crippen LogP contribution in [0.15, 0.2) is 64.1 Å². The number of carbonyl (C=O) groups is 2. The summed E-state index contributed by atoms with van der Waals surface area (Å²) in [6.07, 6.45) is 0.959. The smallest absolute Gasteiger partial charge is 0.238 e. The van der Waals surface area contributed by atoms with Gasteiger partial charge in [-0.15, -0.1) is 23.1 Å². The van der Waals surface area contributed by atoms with Crippen molar-refractivity contribution < 1.29 is 9.59 Å². The summed E-state index contributed by atoms with van der Waals surface area (Å²) in [5.41, 5.74) is 1.96. The van der Waals surface area contributed by atoms with Gasteiger partial charge in [0.05, 0.1) is 22.5 Å². The first kappa shape index (κ1) is 20.6. The van der Waals surface area contributed by atoms with Crippen LogP contribution in [-0.4, -0.2) is 22.0 Å². The second-order valence-corrected chi connectivity index (χ2v) is 13.2. The van der Waals surface area contributed by atoms with Gasteiger partial charge in [-0.1, -0.05) is 46.3 Å². The van der Waals surface area contributed by atoms with Gasteiger partial charge in [0.2, 0.25) is 11.8 Å². The molecule has 2 saturated carbocycles. The van der Waals surface area contributed by atoms with Crippen molar-refractivity contribution in [1.29, 1.82) is 0 Å². The van der Waals surface area contributed by atoms with Crippen LogP contribution in [0.4, 0.5) is 5.69 Å². The number of hydrogen-bond acceptors (Lipinski definition) is 5. The molecule has 4 nitrogen and oxygen atoms in total. The summed E-state index contributed by atoms with van der Waals surface area (Å²) < 4.78 is 1.85. The summed E-state index contributed by atoms with van der Waals surface area (Å²) in [5, 5.41) is 1.46. The van der Waals surface area contributed by atoms with E-state index in [1.807, 2.05) is 42.1 Å². The maximum Gasteiger partial charge on any atom is 0.238 e. The Kier molecular flexibility index (Phi) is 4.61. The van der Waals surface area contributed by atoms with Crippen molar-refractivity contribution in [2.45, 2.75) is 22.6 Å². The minimum Gasteiger partial charge on any atom is -0.332 e. The Labute approximate surface area is 212 Å². The van der Waals surface area contributed by atoms with Gasteiger partial charge in [-0.25, -0.2) is 0 Å². The van der Waals surface area contributed by atoms with E-state index in [4.69, 9.17) is 12.2 Å². The fourth-order valence-electron chi connectivity index (χ4n) is 6.89. The van der Waals surface area contributed by atoms with Gasteiger partial charge in [0, 0.05) is 20.5 Å². The molecule has 2 aromatic carbocycles. The predicted octanol–water partition coefficient (Wildman–Crippen LogP) is 6.25. The van der Waals surface area contributed by atoms with Gasteiger partial charge in [-0.3, -0.25) is 14.5 Å². The average molecular weight is 556 g/mol. The number of thioether (sulfide) groups is 1. The second-order valence-electron chi connectivity index (χ2n) is 9.36. The van der Waals surface area contributed by atoms with Crippen LogP contribution in [0.3, 0.4) is 0 Å². The zero-order valence-corrected chi connectivity index (χ0v) is 21.3. The van der Waals surface area contributed by atoms with E-state index in [1.54, 1.807) is 11.3 Å². The fraction of sp³-hybridized carbons (Fsp3) is 0.320. The topological polar surface area (TPSA) is 53.2 Å². The zero-order chi connectivity index (χ0) is 22.4. The number of aromatic amines is 1. The van der Waals surface area contributed by atoms with Gasteiger partial charge < -0.3 is 4.98 Å². The summed E-state index contributed by atoms with van der Waals surface area (Å²) in [5.74, 6) is 0.515. The van der Waals surface area contributed by atoms with Gasteiger partial charge in [-0.05, 0) is 66.2 Å². The lowest BCUT2D eigenvalue weighted by atomic mass is 9.68. The summed E-state index contributed by atoms with van der Waals surface area (Å²) in [7, 11) is 0. The number of fused-ring (bicyclic) bond motifs is 9. The van der Waals surface area contributed by atoms with Crippen molar-refractivity contribution in [3.63, 3.8) is 0 Å². The molecule has 2 amide bonds. The molecule has 1 N–H and O–H groups in total. The van der Waals surface area contributed by atoms with Gasteiger partial charge in [0.25, 0.3) is 0 Å². The second kappa shape index (κ2) is 7.38. The van der Waals surface area contributed by atoms with Crippen LogP contribution < -0.4 is 4.90 Å². The van der Waals surface area contributed by atoms with E-state index in [2.05, 4.69) is 45.2 Å². The maximum atomic E-state index is 13.7. The summed E-state index contributed by atoms with van der Waals surface area (Å²) in [6, 6.07) is 18.0. The van der Waals surface area contributed by atoms with E-state index in [9.17, 15) is 9.59 Å². The molecule has 0 radical (unpaired) electrons. The monoisotopic (exact) mass is 554 g/mol. The quantitative estimate of drug-likeness (QED) is 0.300. The van der Waals surface area contributed by atoms with Gasteiger partial charge in [-0.2, -0.15) is 0 Å². The van der Waals surface area contributed by atoms with Crippen molar-refractivity contribution in [3.8, 4) is 0 Å². The number of hydrogen-bond donors (Lipinski definition) is 1. The van der Waals surface area contributed by atoms with Crippen LogP contribution in [-0.2, 0) is 9.59 Å². The van der Waals surface area contributed by atoms with Crippen LogP contribution in [0.5, 0.6) is 0 Å². The third-order valence-corrected chi connectivity index (χ3v) is 11.4. The van der Waals surface area contributed by atoms with E-state index in [0.717, 1.165) is 19.9 Å². The molecule has 4 aliphatic rings. The highest BCUT2D eigenvalue weighted by atomic mass is 79.9. The lowest BCUT2D eigenvalue weighted by Gasteiger charge is -2.43. The average Bonchev–Trinajstić information content (AvgIpc) is 3.54. The first-order chi connectivity index (χ1) is 16.0. The molecule has 0 spiro atoms. The first-order valence-electron chi connectivity index (χ1n) is 11.1. The highest BCUT2D eigenvalue weighted by molar-refractivity contribution is 9.10. The number of carbonyl (C=O) groups excluding carboxylic acids is 2. The van der Waals surface area contributed by atoms with Crippen molar-refractivity contribution in [3.05, 3.63) is 73.5 Å². The maximum absolute atomic E-state index is 13.7. The van der Waals surface area contributed by atoms with E-state index in [0.29, 0.717) is 16.9 Å². The summed E-state index contributed by atoms with van der Waals surface area (Å²) in [6.45, 7) is 0. The standard InChI is InChI=1S/C25H19BrN2O2S3/c26-12-8-6-11(7-9-12)16-17-14-10-15(20(17)32-22-21(16)33-25(31)27-22)19-18(14)23(29)28(24(19)30)13-4-2-1-3-5-13/h1-9,14-20H,10H2,(H,27,31). The van der Waals surface area contributed by atoms with Crippen LogP contribution in [0.25, 0.3) is 0 Å². The van der Waals surface area contributed by atoms with E-state index in [1.165, 1.54) is 15.3 Å². The lowest BCUT2D eigenvalue weighted by Crippen LogP contribution is -2.42. The molecule has 7 unspecified atom stereocenters. The third kappa shape index (κ3) is 2.84. The van der Waals surface area contributed by atoms with Crippen LogP contribution in [0.2, 0.25) is 0 Å². The minimum atomic E-state index is -0.212. The molecule has 2 aliphatic heterocycles. The Morgan fingerprint density at radius 1 is 0.970 bits per heavy atom. The van der Waals surface area contributed by atoms with Crippen molar-refractivity contribution in [2.24, 2.45) is 29.6 Å². The number of halogens is 1. The number of imide groups is 1. The molecule has 2 bridgehead atoms. The number of thiazole rings is 1.